The lowest BCUT2D eigenvalue weighted by Gasteiger charge is -2.20. The highest BCUT2D eigenvalue weighted by atomic mass is 35.5. The maximum Gasteiger partial charge on any atom is 0.293 e. The number of para-hydroxylation sites is 1. The van der Waals surface area contributed by atoms with Crippen LogP contribution in [-0.2, 0) is 21.2 Å². The molecular formula is C25H20ClN3O5S3. The first-order chi connectivity index (χ1) is 17.8. The lowest BCUT2D eigenvalue weighted by molar-refractivity contribution is -0.122. The van der Waals surface area contributed by atoms with Gasteiger partial charge in [0.1, 0.15) is 4.90 Å². The molecule has 0 bridgehead atoms. The van der Waals surface area contributed by atoms with Gasteiger partial charge in [-0.2, -0.15) is 0 Å². The van der Waals surface area contributed by atoms with Crippen LogP contribution in [0.25, 0.3) is 6.08 Å². The quantitative estimate of drug-likeness (QED) is 0.414. The van der Waals surface area contributed by atoms with Crippen molar-refractivity contribution in [3.05, 3.63) is 85.9 Å². The predicted molar refractivity (Wildman–Crippen MR) is 145 cm³/mol. The smallest absolute Gasteiger partial charge is 0.293 e. The second-order valence-electron chi connectivity index (χ2n) is 8.21. The second-order valence-corrected chi connectivity index (χ2v) is 12.4. The first kappa shape index (κ1) is 25.5. The molecule has 3 aromatic rings. The summed E-state index contributed by atoms with van der Waals surface area (Å²) in [5.41, 5.74) is 1.62. The number of nitrogens with one attached hydrogen (secondary N) is 1. The summed E-state index contributed by atoms with van der Waals surface area (Å²) in [6, 6.07) is 15.0. The number of hydrogen-bond acceptors (Lipinski definition) is 7. The van der Waals surface area contributed by atoms with E-state index in [-0.39, 0.29) is 35.1 Å². The minimum atomic E-state index is -4.00. The number of imide groups is 1. The van der Waals surface area contributed by atoms with Crippen molar-refractivity contribution in [2.75, 3.05) is 23.9 Å². The average Bonchev–Trinajstić information content (AvgIpc) is 3.61. The molecule has 5 rings (SSSR count). The van der Waals surface area contributed by atoms with Crippen LogP contribution in [0.5, 0.6) is 0 Å². The number of halogens is 1. The Morgan fingerprint density at radius 3 is 2.70 bits per heavy atom. The maximum absolute atomic E-state index is 13.4. The summed E-state index contributed by atoms with van der Waals surface area (Å²) in [5, 5.41) is 4.13. The van der Waals surface area contributed by atoms with Gasteiger partial charge in [0, 0.05) is 30.1 Å². The van der Waals surface area contributed by atoms with E-state index in [1.165, 1.54) is 33.8 Å². The minimum Gasteiger partial charge on any atom is -0.350 e. The molecule has 1 aromatic heterocycles. The predicted octanol–water partition coefficient (Wildman–Crippen LogP) is 4.62. The summed E-state index contributed by atoms with van der Waals surface area (Å²) < 4.78 is 28.1. The Morgan fingerprint density at radius 1 is 1.11 bits per heavy atom. The molecule has 8 nitrogen and oxygen atoms in total. The molecule has 2 aliphatic rings. The Bertz CT molecular complexity index is 1540. The zero-order valence-electron chi connectivity index (χ0n) is 19.2. The third kappa shape index (κ3) is 5.04. The lowest BCUT2D eigenvalue weighted by atomic mass is 10.2. The van der Waals surface area contributed by atoms with E-state index in [0.717, 1.165) is 27.1 Å². The van der Waals surface area contributed by atoms with Crippen LogP contribution in [0.15, 0.2) is 69.8 Å². The average molecular weight is 574 g/mol. The molecule has 2 aromatic carbocycles. The summed E-state index contributed by atoms with van der Waals surface area (Å²) in [5.74, 6) is -0.959. The van der Waals surface area contributed by atoms with Gasteiger partial charge in [-0.25, -0.2) is 8.42 Å². The van der Waals surface area contributed by atoms with Crippen LogP contribution in [0, 0.1) is 0 Å². The number of fused-ring (bicyclic) bond motifs is 1. The van der Waals surface area contributed by atoms with Crippen LogP contribution in [-0.4, -0.2) is 50.0 Å². The van der Waals surface area contributed by atoms with E-state index in [1.54, 1.807) is 18.2 Å². The highest BCUT2D eigenvalue weighted by Crippen LogP contribution is 2.35. The lowest BCUT2D eigenvalue weighted by Crippen LogP contribution is -2.37. The number of rotatable bonds is 7. The molecule has 1 fully saturated rings. The van der Waals surface area contributed by atoms with Crippen molar-refractivity contribution in [1.82, 2.24) is 10.2 Å². The van der Waals surface area contributed by atoms with Crippen molar-refractivity contribution in [2.24, 2.45) is 0 Å². The third-order valence-corrected chi connectivity index (χ3v) is 9.94. The van der Waals surface area contributed by atoms with Crippen molar-refractivity contribution in [2.45, 2.75) is 11.3 Å². The van der Waals surface area contributed by atoms with Crippen LogP contribution in [0.2, 0.25) is 5.02 Å². The number of carbonyl (C=O) groups is 3. The molecule has 3 heterocycles. The second kappa shape index (κ2) is 10.3. The van der Waals surface area contributed by atoms with E-state index in [1.807, 2.05) is 29.6 Å². The largest absolute Gasteiger partial charge is 0.350 e. The highest BCUT2D eigenvalue weighted by molar-refractivity contribution is 8.18. The molecule has 0 aliphatic carbocycles. The molecule has 190 valence electrons. The van der Waals surface area contributed by atoms with Gasteiger partial charge in [-0.3, -0.25) is 23.6 Å². The first-order valence-corrected chi connectivity index (χ1v) is 14.7. The van der Waals surface area contributed by atoms with Gasteiger partial charge in [-0.05, 0) is 65.5 Å². The molecule has 12 heteroatoms. The van der Waals surface area contributed by atoms with Crippen molar-refractivity contribution >= 4 is 73.5 Å². The van der Waals surface area contributed by atoms with Crippen molar-refractivity contribution in [3.8, 4) is 0 Å². The fourth-order valence-corrected chi connectivity index (χ4v) is 7.69. The molecule has 0 radical (unpaired) electrons. The SMILES string of the molecule is O=C(NCCN1C(=O)S/C(=C/c2cccs2)C1=O)c1ccc(Cl)c(S(=O)(=O)N2CCc3ccccc32)c1. The van der Waals surface area contributed by atoms with Gasteiger partial charge in [0.15, 0.2) is 0 Å². The Labute approximate surface area is 227 Å². The molecule has 0 atom stereocenters. The number of hydrogen-bond donors (Lipinski definition) is 1. The van der Waals surface area contributed by atoms with Gasteiger partial charge in [0.25, 0.3) is 27.1 Å². The third-order valence-electron chi connectivity index (χ3n) is 5.92. The van der Waals surface area contributed by atoms with E-state index in [0.29, 0.717) is 17.0 Å². The Kier molecular flexibility index (Phi) is 7.13. The number of sulfonamides is 1. The zero-order valence-corrected chi connectivity index (χ0v) is 22.4. The molecule has 1 N–H and O–H groups in total. The van der Waals surface area contributed by atoms with Gasteiger partial charge in [0.05, 0.1) is 15.6 Å². The van der Waals surface area contributed by atoms with Crippen LogP contribution >= 0.6 is 34.7 Å². The molecule has 0 saturated carbocycles. The van der Waals surface area contributed by atoms with Crippen molar-refractivity contribution in [3.63, 3.8) is 0 Å². The highest BCUT2D eigenvalue weighted by Gasteiger charge is 2.35. The van der Waals surface area contributed by atoms with E-state index < -0.39 is 27.1 Å². The number of anilines is 1. The first-order valence-electron chi connectivity index (χ1n) is 11.2. The Hall–Kier alpha value is -3.12. The number of thioether (sulfide) groups is 1. The summed E-state index contributed by atoms with van der Waals surface area (Å²) in [6.45, 7) is 0.280. The molecule has 0 spiro atoms. The zero-order chi connectivity index (χ0) is 26.2. The normalized spacial score (nSPS) is 16.5. The molecule has 0 unspecified atom stereocenters. The summed E-state index contributed by atoms with van der Waals surface area (Å²) in [4.78, 5) is 39.8. The van der Waals surface area contributed by atoms with Gasteiger partial charge in [0.2, 0.25) is 0 Å². The number of amides is 3. The number of nitrogens with zero attached hydrogens (tertiary/aromatic N) is 2. The van der Waals surface area contributed by atoms with Gasteiger partial charge < -0.3 is 5.32 Å². The van der Waals surface area contributed by atoms with E-state index in [4.69, 9.17) is 11.6 Å². The summed E-state index contributed by atoms with van der Waals surface area (Å²) in [7, 11) is -4.00. The molecule has 3 amide bonds. The van der Waals surface area contributed by atoms with E-state index in [9.17, 15) is 22.8 Å². The van der Waals surface area contributed by atoms with Crippen molar-refractivity contribution in [1.29, 1.82) is 0 Å². The standard InChI is InChI=1S/C25H20ClN3O5S3/c26-19-8-7-17(14-22(19)37(33,34)29-11-9-16-4-1-2-6-20(16)29)23(30)27-10-12-28-24(31)21(36-25(28)32)15-18-5-3-13-35-18/h1-8,13-15H,9-12H2,(H,27,30)/b21-15+. The fourth-order valence-electron chi connectivity index (χ4n) is 4.10. The Morgan fingerprint density at radius 2 is 1.92 bits per heavy atom. The topological polar surface area (TPSA) is 104 Å². The van der Waals surface area contributed by atoms with E-state index in [2.05, 4.69) is 5.32 Å². The van der Waals surface area contributed by atoms with Crippen molar-refractivity contribution < 1.29 is 22.8 Å². The number of carbonyl (C=O) groups excluding carboxylic acids is 3. The Balaban J connectivity index is 1.26. The number of benzene rings is 2. The molecule has 1 saturated heterocycles. The monoisotopic (exact) mass is 573 g/mol. The van der Waals surface area contributed by atoms with Crippen LogP contribution in [0.4, 0.5) is 10.5 Å². The van der Waals surface area contributed by atoms with Crippen LogP contribution in [0.3, 0.4) is 0 Å². The summed E-state index contributed by atoms with van der Waals surface area (Å²) >= 11 is 8.57. The van der Waals surface area contributed by atoms with Crippen LogP contribution < -0.4 is 9.62 Å². The fraction of sp³-hybridized carbons (Fsp3) is 0.160. The number of thiophene rings is 1. The van der Waals surface area contributed by atoms with E-state index >= 15 is 0 Å². The molecular weight excluding hydrogens is 554 g/mol. The van der Waals surface area contributed by atoms with Gasteiger partial charge >= 0.3 is 0 Å². The van der Waals surface area contributed by atoms with Gasteiger partial charge in [-0.1, -0.05) is 35.9 Å². The minimum absolute atomic E-state index is 0.00731. The van der Waals surface area contributed by atoms with Crippen LogP contribution in [0.1, 0.15) is 20.8 Å². The maximum atomic E-state index is 13.4. The molecule has 2 aliphatic heterocycles. The van der Waals surface area contributed by atoms with Gasteiger partial charge in [-0.15, -0.1) is 11.3 Å². The molecule has 37 heavy (non-hydrogen) atoms. The summed E-state index contributed by atoms with van der Waals surface area (Å²) in [6.07, 6.45) is 2.26.